The van der Waals surface area contributed by atoms with Crippen molar-refractivity contribution in [1.82, 2.24) is 4.98 Å². The smallest absolute Gasteiger partial charge is 0.159 e. The van der Waals surface area contributed by atoms with Gasteiger partial charge in [-0.3, -0.25) is 4.90 Å². The maximum atomic E-state index is 6.39. The third kappa shape index (κ3) is 2.31. The second-order valence-electron chi connectivity index (χ2n) is 7.76. The number of hydrogen-bond donors (Lipinski definition) is 0. The minimum absolute atomic E-state index is 0.0508. The average Bonchev–Trinajstić information content (AvgIpc) is 3.29. The van der Waals surface area contributed by atoms with E-state index in [2.05, 4.69) is 78.2 Å². The molecule has 0 spiro atoms. The number of benzene rings is 3. The van der Waals surface area contributed by atoms with Gasteiger partial charge in [0, 0.05) is 22.7 Å². The maximum absolute atomic E-state index is 6.39. The zero-order valence-electron chi connectivity index (χ0n) is 16.9. The summed E-state index contributed by atoms with van der Waals surface area (Å²) in [6.45, 7) is 4.36. The van der Waals surface area contributed by atoms with E-state index in [4.69, 9.17) is 9.40 Å². The lowest BCUT2D eigenvalue weighted by molar-refractivity contribution is 0.662. The molecule has 0 N–H and O–H groups in total. The molecule has 4 nitrogen and oxygen atoms in total. The van der Waals surface area contributed by atoms with E-state index in [1.165, 1.54) is 5.56 Å². The standard InChI is InChI=1S/C26H21N3O/c1-17-14-15-21-20-11-6-7-13-23(20)30-25(21)24(17)29-18(2)28(19-9-4-3-5-10-19)22-12-8-16-27-26(22)29/h3-16,18H,1-2H3. The molecule has 3 aromatic carbocycles. The van der Waals surface area contributed by atoms with Crippen LogP contribution in [-0.4, -0.2) is 11.1 Å². The zero-order chi connectivity index (χ0) is 20.2. The Hall–Kier alpha value is -3.79. The Labute approximate surface area is 175 Å². The highest BCUT2D eigenvalue weighted by Crippen LogP contribution is 2.49. The summed E-state index contributed by atoms with van der Waals surface area (Å²) in [5.41, 5.74) is 6.32. The Morgan fingerprint density at radius 2 is 1.60 bits per heavy atom. The minimum Gasteiger partial charge on any atom is -0.454 e. The van der Waals surface area contributed by atoms with Gasteiger partial charge in [0.25, 0.3) is 0 Å². The number of hydrogen-bond acceptors (Lipinski definition) is 4. The van der Waals surface area contributed by atoms with Crippen molar-refractivity contribution in [3.8, 4) is 0 Å². The predicted molar refractivity (Wildman–Crippen MR) is 123 cm³/mol. The van der Waals surface area contributed by atoms with Crippen LogP contribution in [0.5, 0.6) is 0 Å². The van der Waals surface area contributed by atoms with Crippen molar-refractivity contribution in [2.24, 2.45) is 0 Å². The van der Waals surface area contributed by atoms with Crippen molar-refractivity contribution in [3.05, 3.63) is 90.6 Å². The van der Waals surface area contributed by atoms with Crippen molar-refractivity contribution >= 4 is 44.8 Å². The topological polar surface area (TPSA) is 32.5 Å². The first-order valence-electron chi connectivity index (χ1n) is 10.2. The fourth-order valence-electron chi connectivity index (χ4n) is 4.66. The van der Waals surface area contributed by atoms with Gasteiger partial charge in [-0.2, -0.15) is 0 Å². The van der Waals surface area contributed by atoms with E-state index >= 15 is 0 Å². The monoisotopic (exact) mass is 391 g/mol. The van der Waals surface area contributed by atoms with Crippen LogP contribution in [0.1, 0.15) is 12.5 Å². The number of anilines is 4. The quantitative estimate of drug-likeness (QED) is 0.327. The molecule has 0 fully saturated rings. The average molecular weight is 391 g/mol. The molecule has 1 aliphatic rings. The first-order chi connectivity index (χ1) is 14.7. The summed E-state index contributed by atoms with van der Waals surface area (Å²) < 4.78 is 6.39. The van der Waals surface area contributed by atoms with Gasteiger partial charge in [-0.1, -0.05) is 48.5 Å². The SMILES string of the molecule is Cc1ccc2c(oc3ccccc32)c1N1c2ncccc2N(c2ccccc2)C1C. The minimum atomic E-state index is 0.0508. The second-order valence-corrected chi connectivity index (χ2v) is 7.76. The molecule has 2 aromatic heterocycles. The van der Waals surface area contributed by atoms with E-state index in [0.29, 0.717) is 0 Å². The summed E-state index contributed by atoms with van der Waals surface area (Å²) in [7, 11) is 0. The molecular formula is C26H21N3O. The van der Waals surface area contributed by atoms with Crippen LogP contribution in [0.25, 0.3) is 21.9 Å². The number of nitrogens with zero attached hydrogens (tertiary/aromatic N) is 3. The Morgan fingerprint density at radius 3 is 2.47 bits per heavy atom. The summed E-state index contributed by atoms with van der Waals surface area (Å²) in [5.74, 6) is 0.949. The van der Waals surface area contributed by atoms with Gasteiger partial charge in [0.2, 0.25) is 0 Å². The highest BCUT2D eigenvalue weighted by Gasteiger charge is 2.38. The third-order valence-corrected chi connectivity index (χ3v) is 6.00. The van der Waals surface area contributed by atoms with Gasteiger partial charge < -0.3 is 9.32 Å². The molecule has 0 amide bonds. The number of aromatic nitrogens is 1. The Kier molecular flexibility index (Phi) is 3.62. The number of furan rings is 1. The first kappa shape index (κ1) is 17.1. The molecule has 0 saturated carbocycles. The van der Waals surface area contributed by atoms with E-state index in [0.717, 1.165) is 44.8 Å². The maximum Gasteiger partial charge on any atom is 0.159 e. The number of aryl methyl sites for hydroxylation is 1. The van der Waals surface area contributed by atoms with Crippen LogP contribution in [-0.2, 0) is 0 Å². The molecule has 1 aliphatic heterocycles. The van der Waals surface area contributed by atoms with Crippen molar-refractivity contribution in [1.29, 1.82) is 0 Å². The molecule has 0 radical (unpaired) electrons. The van der Waals surface area contributed by atoms with Crippen molar-refractivity contribution in [2.75, 3.05) is 9.80 Å². The van der Waals surface area contributed by atoms with Crippen molar-refractivity contribution < 1.29 is 4.42 Å². The summed E-state index contributed by atoms with van der Waals surface area (Å²) in [6.07, 6.45) is 1.91. The van der Waals surface area contributed by atoms with Gasteiger partial charge in [0.15, 0.2) is 11.4 Å². The molecule has 146 valence electrons. The van der Waals surface area contributed by atoms with Gasteiger partial charge in [-0.25, -0.2) is 4.98 Å². The molecule has 30 heavy (non-hydrogen) atoms. The Morgan fingerprint density at radius 1 is 0.800 bits per heavy atom. The number of rotatable bonds is 2. The Balaban J connectivity index is 1.63. The van der Waals surface area contributed by atoms with Crippen LogP contribution >= 0.6 is 0 Å². The van der Waals surface area contributed by atoms with E-state index in [9.17, 15) is 0 Å². The van der Waals surface area contributed by atoms with Crippen LogP contribution in [0.3, 0.4) is 0 Å². The third-order valence-electron chi connectivity index (χ3n) is 6.00. The number of pyridine rings is 1. The molecule has 5 aromatic rings. The molecule has 1 unspecified atom stereocenters. The van der Waals surface area contributed by atoms with E-state index in [-0.39, 0.29) is 6.17 Å². The van der Waals surface area contributed by atoms with Crippen molar-refractivity contribution in [2.45, 2.75) is 20.0 Å². The number of para-hydroxylation sites is 2. The lowest BCUT2D eigenvalue weighted by Crippen LogP contribution is -2.35. The van der Waals surface area contributed by atoms with E-state index in [1.807, 2.05) is 30.5 Å². The van der Waals surface area contributed by atoms with Crippen LogP contribution in [0.15, 0.2) is 89.5 Å². The summed E-state index contributed by atoms with van der Waals surface area (Å²) in [4.78, 5) is 9.43. The fraction of sp³-hybridized carbons (Fsp3) is 0.115. The second kappa shape index (κ2) is 6.36. The molecular weight excluding hydrogens is 370 g/mol. The molecule has 1 atom stereocenters. The lowest BCUT2D eigenvalue weighted by atomic mass is 10.1. The Bertz CT molecular complexity index is 1390. The largest absolute Gasteiger partial charge is 0.454 e. The van der Waals surface area contributed by atoms with Gasteiger partial charge >= 0.3 is 0 Å². The van der Waals surface area contributed by atoms with Gasteiger partial charge in [0.1, 0.15) is 11.7 Å². The van der Waals surface area contributed by atoms with Crippen LogP contribution in [0.2, 0.25) is 0 Å². The highest BCUT2D eigenvalue weighted by molar-refractivity contribution is 6.10. The van der Waals surface area contributed by atoms with Gasteiger partial charge in [-0.05, 0) is 49.7 Å². The summed E-state index contributed by atoms with van der Waals surface area (Å²) >= 11 is 0. The molecule has 4 heteroatoms. The summed E-state index contributed by atoms with van der Waals surface area (Å²) in [6, 6.07) is 27.2. The number of fused-ring (bicyclic) bond motifs is 4. The molecule has 0 aliphatic carbocycles. The first-order valence-corrected chi connectivity index (χ1v) is 10.2. The highest BCUT2D eigenvalue weighted by atomic mass is 16.3. The molecule has 0 saturated heterocycles. The van der Waals surface area contributed by atoms with E-state index in [1.54, 1.807) is 0 Å². The van der Waals surface area contributed by atoms with Crippen LogP contribution < -0.4 is 9.80 Å². The van der Waals surface area contributed by atoms with Gasteiger partial charge in [0.05, 0.1) is 11.4 Å². The summed E-state index contributed by atoms with van der Waals surface area (Å²) in [5, 5.41) is 2.27. The van der Waals surface area contributed by atoms with Crippen LogP contribution in [0.4, 0.5) is 22.9 Å². The van der Waals surface area contributed by atoms with E-state index < -0.39 is 0 Å². The molecule has 6 rings (SSSR count). The van der Waals surface area contributed by atoms with Crippen LogP contribution in [0, 0.1) is 6.92 Å². The molecule has 3 heterocycles. The zero-order valence-corrected chi connectivity index (χ0v) is 16.9. The normalized spacial score (nSPS) is 15.9. The van der Waals surface area contributed by atoms with Gasteiger partial charge in [-0.15, -0.1) is 0 Å². The lowest BCUT2D eigenvalue weighted by Gasteiger charge is -2.30. The molecule has 0 bridgehead atoms. The predicted octanol–water partition coefficient (Wildman–Crippen LogP) is 6.93. The fourth-order valence-corrected chi connectivity index (χ4v) is 4.66. The van der Waals surface area contributed by atoms with Crippen molar-refractivity contribution in [3.63, 3.8) is 0 Å².